The lowest BCUT2D eigenvalue weighted by atomic mass is 9.54. The minimum Gasteiger partial charge on any atom is -0.102 e. The van der Waals surface area contributed by atoms with Crippen LogP contribution in [0.1, 0.15) is 0 Å². The summed E-state index contributed by atoms with van der Waals surface area (Å²) >= 11 is 0. The van der Waals surface area contributed by atoms with Gasteiger partial charge in [0.25, 0.3) is 0 Å². The third kappa shape index (κ3) is 7.40. The Kier molecular flexibility index (Phi) is 14.5. The Hall–Kier alpha value is -4.94. The first-order valence-corrected chi connectivity index (χ1v) is 32.2. The molecule has 0 amide bonds. The molecule has 0 aliphatic heterocycles. The Bertz CT molecular complexity index is 5220. The summed E-state index contributed by atoms with van der Waals surface area (Å²) in [5, 5.41) is 20.2. The van der Waals surface area contributed by atoms with Crippen LogP contribution in [0.3, 0.4) is 0 Å². The number of hydrogen-bond acceptors (Lipinski definition) is 0. The van der Waals surface area contributed by atoms with Crippen molar-refractivity contribution in [2.45, 2.75) is 0 Å². The normalized spacial score (nSPS) is 12.0. The van der Waals surface area contributed by atoms with Gasteiger partial charge in [-0.2, -0.15) is 0 Å². The zero-order valence-corrected chi connectivity index (χ0v) is 59.0. The van der Waals surface area contributed by atoms with Crippen LogP contribution < -0.4 is 175 Å². The molecule has 376 valence electrons. The van der Waals surface area contributed by atoms with Gasteiger partial charge in [0.15, 0.2) is 0 Å². The molecule has 0 radical (unpaired) electrons. The first-order chi connectivity index (χ1) is 40.1. The van der Waals surface area contributed by atoms with Crippen LogP contribution in [0.4, 0.5) is 0 Å². The van der Waals surface area contributed by atoms with Gasteiger partial charge in [-0.15, -0.1) is 38.2 Å². The zero-order chi connectivity index (χ0) is 63.2. The molecule has 0 saturated carbocycles. The molecule has 0 saturated heterocycles. The van der Waals surface area contributed by atoms with E-state index >= 15 is 0 Å². The summed E-state index contributed by atoms with van der Waals surface area (Å²) in [7, 11) is 77.6. The molecule has 0 spiro atoms. The Morgan fingerprint density at radius 2 is 0.198 bits per heavy atom. The molecule has 0 fully saturated rings. The van der Waals surface area contributed by atoms with Crippen molar-refractivity contribution in [2.24, 2.45) is 0 Å². The molecule has 0 aromatic heterocycles. The van der Waals surface area contributed by atoms with Crippen LogP contribution in [0.5, 0.6) is 0 Å². The van der Waals surface area contributed by atoms with Gasteiger partial charge in [-0.25, -0.2) is 0 Å². The molecule has 0 bridgehead atoms. The van der Waals surface area contributed by atoms with Crippen molar-refractivity contribution in [1.82, 2.24) is 0 Å². The predicted octanol–water partition coefficient (Wildman–Crippen LogP) is -40.4. The van der Waals surface area contributed by atoms with Crippen LogP contribution in [-0.2, 0) is 0 Å². The number of rotatable bonds is 4. The van der Waals surface area contributed by atoms with Crippen LogP contribution in [-0.4, -0.2) is 251 Å². The summed E-state index contributed by atoms with van der Waals surface area (Å²) in [4.78, 5) is 0. The van der Waals surface area contributed by atoms with E-state index in [-0.39, 0.29) is 0 Å². The largest absolute Gasteiger partial charge is 0.140 e. The van der Waals surface area contributed by atoms with E-state index in [2.05, 4.69) is 251 Å². The molecule has 0 heterocycles. The number of hydrogen-bond donors (Lipinski definition) is 0. The first kappa shape index (κ1) is 61.3. The van der Waals surface area contributed by atoms with Gasteiger partial charge < -0.3 is 0 Å². The van der Waals surface area contributed by atoms with Crippen molar-refractivity contribution >= 4 is 501 Å². The Labute approximate surface area is 541 Å². The highest BCUT2D eigenvalue weighted by molar-refractivity contribution is 6.80. The van der Waals surface area contributed by atoms with Crippen LogP contribution in [0.25, 0.3) is 120 Å². The van der Waals surface area contributed by atoms with Gasteiger partial charge in [-0.05, 0) is 120 Å². The van der Waals surface area contributed by atoms with Gasteiger partial charge >= 0.3 is 0 Å². The molecule has 0 unspecified atom stereocenters. The molecule has 12 rings (SSSR count). The van der Waals surface area contributed by atoms with E-state index in [1.165, 1.54) is 295 Å². The molecule has 0 atom stereocenters. The minimum atomic E-state index is 1.38. The highest BCUT2D eigenvalue weighted by Crippen LogP contribution is 2.39. The van der Waals surface area contributed by atoms with Gasteiger partial charge in [0.2, 0.25) is 0 Å². The fourth-order valence-electron chi connectivity index (χ4n) is 18.5. The molecule has 0 aliphatic rings. The maximum Gasteiger partial charge on any atom is 0.140 e. The van der Waals surface area contributed by atoms with Gasteiger partial charge in [0.05, 0.1) is 0 Å². The Morgan fingerprint density at radius 1 is 0.0698 bits per heavy atom. The third-order valence-corrected chi connectivity index (χ3v) is 25.4. The summed E-state index contributed by atoms with van der Waals surface area (Å²) in [6.45, 7) is 0. The second-order valence-corrected chi connectivity index (χ2v) is 28.2. The lowest BCUT2D eigenvalue weighted by Crippen LogP contribution is -2.56. The Morgan fingerprint density at radius 3 is 0.547 bits per heavy atom. The van der Waals surface area contributed by atoms with Crippen molar-refractivity contribution in [1.29, 1.82) is 0 Å². The van der Waals surface area contributed by atoms with E-state index in [0.29, 0.717) is 0 Å². The van der Waals surface area contributed by atoms with E-state index in [0.717, 1.165) is 0 Å². The molecule has 86 heavy (non-hydrogen) atoms. The number of benzene rings is 12. The highest BCUT2D eigenvalue weighted by atomic mass is 14.3. The molecule has 0 N–H and O–H groups in total. The SMILES string of the molecule is Bc1c(B)c(B)c(-c2c(B)c(-c3c(B)c(-c4c(B)c(B)c5c(B)c(B)c6c(B)c(B)c(B)c7c(B)c(B)c4c5c67)c4c(B)c(B)c(B)c(B)c4c3B)c(B)c(B)c2-c2c(B)c(B)c3c(B)c(B)c4c(B)c(B)c(B)c5c(B)c(B)c2c3c45)c(B)c1B. The molecule has 32 heteroatoms. The lowest BCUT2D eigenvalue weighted by molar-refractivity contribution is 1.76. The maximum atomic E-state index is 2.53. The molecule has 0 nitrogen and oxygen atoms in total. The standard InChI is InChI=1S/C54H64B32/c55-23-7(8-5-1-3-15(34(66)26(5)58)41(73)48(80)43(75)17(3)38(70)36(68)13(1)32(64)28(8)60)12-19(45(77)51(83)50(82)31(12)63)25(57)21(23)22-24(56)11(20-46(78)52(84)54(86)53(85)47(20)79)10(30(62)40(22)72)9-6-2-4-16(35(67)27(6)59)42(74)49(81)44(76)18(4)39(71)37(69)14(2)33(65)29(9)61/h55-86H2. The van der Waals surface area contributed by atoms with Crippen molar-refractivity contribution in [3.05, 3.63) is 0 Å². The van der Waals surface area contributed by atoms with E-state index in [4.69, 9.17) is 0 Å². The van der Waals surface area contributed by atoms with Gasteiger partial charge in [0, 0.05) is 0 Å². The third-order valence-electron chi connectivity index (χ3n) is 25.4. The monoisotopic (exact) mass is 1060 g/mol. The van der Waals surface area contributed by atoms with Crippen LogP contribution in [0.2, 0.25) is 0 Å². The van der Waals surface area contributed by atoms with Crippen molar-refractivity contribution in [3.8, 4) is 44.5 Å². The summed E-state index contributed by atoms with van der Waals surface area (Å²) in [5.74, 6) is 0. The fourth-order valence-corrected chi connectivity index (χ4v) is 18.5. The van der Waals surface area contributed by atoms with Gasteiger partial charge in [0.1, 0.15) is 251 Å². The second-order valence-electron chi connectivity index (χ2n) is 28.2. The molecular formula is C54H64B32. The lowest BCUT2D eigenvalue weighted by Gasteiger charge is -2.34. The van der Waals surface area contributed by atoms with Crippen LogP contribution >= 0.6 is 0 Å². The maximum absolute atomic E-state index is 2.53. The molecular weight excluding hydrogens is 995 g/mol. The predicted molar refractivity (Wildman–Crippen MR) is 495 cm³/mol. The summed E-state index contributed by atoms with van der Waals surface area (Å²) in [6.07, 6.45) is 0. The van der Waals surface area contributed by atoms with Crippen molar-refractivity contribution < 1.29 is 0 Å². The minimum absolute atomic E-state index is 1.38. The van der Waals surface area contributed by atoms with E-state index < -0.39 is 0 Å². The summed E-state index contributed by atoms with van der Waals surface area (Å²) < 4.78 is 0. The summed E-state index contributed by atoms with van der Waals surface area (Å²) in [5.41, 5.74) is 56.2. The number of fused-ring (bicyclic) bond motifs is 1. The van der Waals surface area contributed by atoms with Crippen molar-refractivity contribution in [2.75, 3.05) is 0 Å². The van der Waals surface area contributed by atoms with Crippen LogP contribution in [0.15, 0.2) is 0 Å². The highest BCUT2D eigenvalue weighted by Gasteiger charge is 2.34. The topological polar surface area (TPSA) is 0 Å². The molecule has 12 aromatic rings. The van der Waals surface area contributed by atoms with Crippen molar-refractivity contribution in [3.63, 3.8) is 0 Å². The first-order valence-electron chi connectivity index (χ1n) is 32.2. The smallest absolute Gasteiger partial charge is 0.102 e. The van der Waals surface area contributed by atoms with E-state index in [9.17, 15) is 0 Å². The fraction of sp³-hybridized carbons (Fsp3) is 0. The van der Waals surface area contributed by atoms with Gasteiger partial charge in [-0.1, -0.05) is 137 Å². The van der Waals surface area contributed by atoms with E-state index in [1.807, 2.05) is 0 Å². The van der Waals surface area contributed by atoms with Crippen LogP contribution in [0, 0.1) is 0 Å². The van der Waals surface area contributed by atoms with Gasteiger partial charge in [-0.3, -0.25) is 0 Å². The average Bonchev–Trinajstić information content (AvgIpc) is 0.697. The van der Waals surface area contributed by atoms with E-state index in [1.54, 1.807) is 0 Å². The average molecular weight is 1060 g/mol. The zero-order valence-electron chi connectivity index (χ0n) is 59.0. The molecule has 0 aliphatic carbocycles. The molecule has 12 aromatic carbocycles. The summed E-state index contributed by atoms with van der Waals surface area (Å²) in [6, 6.07) is 0. The Balaban J connectivity index is 1.36. The quantitative estimate of drug-likeness (QED) is 0.122. The second kappa shape index (κ2) is 20.3.